The lowest BCUT2D eigenvalue weighted by atomic mass is 9.69. The molecule has 2 nitrogen and oxygen atoms in total. The molecule has 2 fully saturated rings. The number of nitrogens with one attached hydrogen (secondary N) is 1. The lowest BCUT2D eigenvalue weighted by Gasteiger charge is -2.38. The van der Waals surface area contributed by atoms with E-state index in [0.29, 0.717) is 5.41 Å². The molecule has 0 spiro atoms. The fraction of sp³-hybridized carbons (Fsp3) is 1.00. The highest BCUT2D eigenvalue weighted by Gasteiger charge is 2.49. The van der Waals surface area contributed by atoms with Gasteiger partial charge >= 0.3 is 0 Å². The van der Waals surface area contributed by atoms with Crippen LogP contribution in [0.4, 0.5) is 0 Å². The first kappa shape index (κ1) is 15.3. The molecule has 0 saturated heterocycles. The van der Waals surface area contributed by atoms with Gasteiger partial charge in [-0.2, -0.15) is 0 Å². The Balaban J connectivity index is 1.83. The van der Waals surface area contributed by atoms with Crippen LogP contribution < -0.4 is 5.32 Å². The molecule has 3 unspecified atom stereocenters. The van der Waals surface area contributed by atoms with Crippen LogP contribution in [0.5, 0.6) is 0 Å². The number of rotatable bonds is 9. The van der Waals surface area contributed by atoms with Crippen LogP contribution in [0.25, 0.3) is 0 Å². The second kappa shape index (κ2) is 7.08. The van der Waals surface area contributed by atoms with Crippen molar-refractivity contribution in [3.63, 3.8) is 0 Å². The Bertz CT molecular complexity index is 266. The van der Waals surface area contributed by atoms with Gasteiger partial charge in [-0.15, -0.1) is 0 Å². The summed E-state index contributed by atoms with van der Waals surface area (Å²) in [6.07, 6.45) is 10.3. The monoisotopic (exact) mass is 267 g/mol. The van der Waals surface area contributed by atoms with E-state index in [0.717, 1.165) is 30.9 Å². The third-order valence-corrected chi connectivity index (χ3v) is 5.52. The minimum Gasteiger partial charge on any atom is -0.383 e. The van der Waals surface area contributed by atoms with Gasteiger partial charge in [0.05, 0.1) is 6.61 Å². The van der Waals surface area contributed by atoms with E-state index in [1.807, 2.05) is 0 Å². The molecule has 0 aromatic heterocycles. The number of hydrogen-bond acceptors (Lipinski definition) is 2. The second-order valence-electron chi connectivity index (χ2n) is 7.40. The van der Waals surface area contributed by atoms with Crippen LogP contribution >= 0.6 is 0 Å². The second-order valence-corrected chi connectivity index (χ2v) is 7.40. The normalized spacial score (nSPS) is 33.5. The van der Waals surface area contributed by atoms with Crippen LogP contribution in [0, 0.1) is 23.2 Å². The maximum absolute atomic E-state index is 5.15. The molecule has 0 amide bonds. The first-order valence-corrected chi connectivity index (χ1v) is 8.36. The van der Waals surface area contributed by atoms with Crippen LogP contribution in [0.3, 0.4) is 0 Å². The van der Waals surface area contributed by atoms with Crippen LogP contribution in [0.2, 0.25) is 0 Å². The van der Waals surface area contributed by atoms with Crippen molar-refractivity contribution in [2.45, 2.75) is 58.8 Å². The first-order chi connectivity index (χ1) is 9.16. The molecule has 3 atom stereocenters. The number of ether oxygens (including phenoxy) is 1. The van der Waals surface area contributed by atoms with Crippen LogP contribution in [-0.4, -0.2) is 26.8 Å². The Labute approximate surface area is 119 Å². The molecule has 1 N–H and O–H groups in total. The quantitative estimate of drug-likeness (QED) is 0.641. The molecule has 2 rings (SSSR count). The molecular formula is C17H33NO. The molecule has 2 aliphatic rings. The highest BCUT2D eigenvalue weighted by molar-refractivity contribution is 5.01. The van der Waals surface area contributed by atoms with E-state index in [9.17, 15) is 0 Å². The number of hydrogen-bond donors (Lipinski definition) is 1. The van der Waals surface area contributed by atoms with Crippen LogP contribution in [0.1, 0.15) is 58.8 Å². The van der Waals surface area contributed by atoms with E-state index in [1.54, 1.807) is 7.11 Å². The number of methoxy groups -OCH3 is 1. The third-order valence-electron chi connectivity index (χ3n) is 5.52. The van der Waals surface area contributed by atoms with Crippen molar-refractivity contribution in [1.29, 1.82) is 0 Å². The molecule has 2 saturated carbocycles. The van der Waals surface area contributed by atoms with Gasteiger partial charge < -0.3 is 10.1 Å². The van der Waals surface area contributed by atoms with Gasteiger partial charge in [-0.25, -0.2) is 0 Å². The number of fused-ring (bicyclic) bond motifs is 2. The maximum atomic E-state index is 5.15. The summed E-state index contributed by atoms with van der Waals surface area (Å²) in [5.41, 5.74) is 0.631. The molecule has 2 aliphatic carbocycles. The Hall–Kier alpha value is -0.0800. The molecule has 0 aromatic carbocycles. The fourth-order valence-corrected chi connectivity index (χ4v) is 4.54. The Morgan fingerprint density at radius 3 is 2.74 bits per heavy atom. The SMILES string of the molecule is COCCNCC1(CCCC(C)C)CC2CCC1C2. The van der Waals surface area contributed by atoms with E-state index < -0.39 is 0 Å². The molecule has 0 radical (unpaired) electrons. The maximum Gasteiger partial charge on any atom is 0.0587 e. The summed E-state index contributed by atoms with van der Waals surface area (Å²) in [5.74, 6) is 2.92. The Morgan fingerprint density at radius 2 is 2.16 bits per heavy atom. The summed E-state index contributed by atoms with van der Waals surface area (Å²) in [6, 6.07) is 0. The molecule has 0 aliphatic heterocycles. The van der Waals surface area contributed by atoms with Gasteiger partial charge in [0.2, 0.25) is 0 Å². The smallest absolute Gasteiger partial charge is 0.0587 e. The molecule has 0 heterocycles. The molecule has 112 valence electrons. The van der Waals surface area contributed by atoms with Crippen molar-refractivity contribution < 1.29 is 4.74 Å². The van der Waals surface area contributed by atoms with E-state index in [4.69, 9.17) is 4.74 Å². The topological polar surface area (TPSA) is 21.3 Å². The van der Waals surface area contributed by atoms with Crippen LogP contribution in [0.15, 0.2) is 0 Å². The molecule has 2 heteroatoms. The predicted octanol–water partition coefficient (Wildman–Crippen LogP) is 3.86. The summed E-state index contributed by atoms with van der Waals surface area (Å²) in [5, 5.41) is 3.67. The van der Waals surface area contributed by atoms with E-state index in [-0.39, 0.29) is 0 Å². The summed E-state index contributed by atoms with van der Waals surface area (Å²) < 4.78 is 5.15. The summed E-state index contributed by atoms with van der Waals surface area (Å²) in [4.78, 5) is 0. The van der Waals surface area contributed by atoms with E-state index in [2.05, 4.69) is 19.2 Å². The van der Waals surface area contributed by atoms with Gasteiger partial charge in [-0.1, -0.05) is 33.1 Å². The zero-order valence-corrected chi connectivity index (χ0v) is 13.2. The zero-order chi connectivity index (χ0) is 13.7. The van der Waals surface area contributed by atoms with Gasteiger partial charge in [0.25, 0.3) is 0 Å². The molecule has 2 bridgehead atoms. The average Bonchev–Trinajstić information content (AvgIpc) is 2.95. The van der Waals surface area contributed by atoms with E-state index in [1.165, 1.54) is 51.5 Å². The lowest BCUT2D eigenvalue weighted by molar-refractivity contribution is 0.129. The molecule has 0 aromatic rings. The van der Waals surface area contributed by atoms with Gasteiger partial charge in [0.1, 0.15) is 0 Å². The molecule has 19 heavy (non-hydrogen) atoms. The highest BCUT2D eigenvalue weighted by Crippen LogP contribution is 2.57. The third kappa shape index (κ3) is 3.95. The fourth-order valence-electron chi connectivity index (χ4n) is 4.54. The minimum absolute atomic E-state index is 0.631. The highest BCUT2D eigenvalue weighted by atomic mass is 16.5. The summed E-state index contributed by atoms with van der Waals surface area (Å²) in [7, 11) is 1.79. The van der Waals surface area contributed by atoms with E-state index >= 15 is 0 Å². The minimum atomic E-state index is 0.631. The summed E-state index contributed by atoms with van der Waals surface area (Å²) in [6.45, 7) is 7.79. The van der Waals surface area contributed by atoms with Crippen molar-refractivity contribution in [3.05, 3.63) is 0 Å². The van der Waals surface area contributed by atoms with Crippen molar-refractivity contribution in [2.75, 3.05) is 26.8 Å². The average molecular weight is 267 g/mol. The summed E-state index contributed by atoms with van der Waals surface area (Å²) >= 11 is 0. The van der Waals surface area contributed by atoms with Gasteiger partial charge in [-0.05, 0) is 48.9 Å². The Kier molecular flexibility index (Phi) is 5.70. The largest absolute Gasteiger partial charge is 0.383 e. The van der Waals surface area contributed by atoms with Crippen molar-refractivity contribution >= 4 is 0 Å². The zero-order valence-electron chi connectivity index (χ0n) is 13.2. The lowest BCUT2D eigenvalue weighted by Crippen LogP contribution is -2.39. The predicted molar refractivity (Wildman–Crippen MR) is 81.3 cm³/mol. The first-order valence-electron chi connectivity index (χ1n) is 8.36. The van der Waals surface area contributed by atoms with Crippen molar-refractivity contribution in [1.82, 2.24) is 5.32 Å². The van der Waals surface area contributed by atoms with Crippen LogP contribution in [-0.2, 0) is 4.74 Å². The Morgan fingerprint density at radius 1 is 1.32 bits per heavy atom. The molecular weight excluding hydrogens is 234 g/mol. The van der Waals surface area contributed by atoms with Gasteiger partial charge in [0, 0.05) is 20.2 Å². The van der Waals surface area contributed by atoms with Crippen molar-refractivity contribution in [3.8, 4) is 0 Å². The standard InChI is InChI=1S/C17H33NO/c1-14(2)5-4-8-17(13-18-9-10-19-3)12-15-6-7-16(17)11-15/h14-16,18H,4-13H2,1-3H3. The van der Waals surface area contributed by atoms with Gasteiger partial charge in [0.15, 0.2) is 0 Å². The van der Waals surface area contributed by atoms with Crippen molar-refractivity contribution in [2.24, 2.45) is 23.2 Å². The van der Waals surface area contributed by atoms with Gasteiger partial charge in [-0.3, -0.25) is 0 Å².